The van der Waals surface area contributed by atoms with E-state index in [9.17, 15) is 9.90 Å². The van der Waals surface area contributed by atoms with Crippen LogP contribution in [-0.2, 0) is 0 Å². The number of ketones is 1. The standard InChI is InChI=1S/C16H15BrO3/c1-11(18)13-3-2-4-15(9-13)20-10-16(19)12-5-7-14(17)8-6-12/h2-9,16,19H,10H2,1H3. The van der Waals surface area contributed by atoms with Gasteiger partial charge < -0.3 is 9.84 Å². The van der Waals surface area contributed by atoms with Crippen LogP contribution in [0, 0.1) is 0 Å². The summed E-state index contributed by atoms with van der Waals surface area (Å²) < 4.78 is 6.49. The largest absolute Gasteiger partial charge is 0.491 e. The number of ether oxygens (including phenoxy) is 1. The van der Waals surface area contributed by atoms with E-state index in [-0.39, 0.29) is 12.4 Å². The summed E-state index contributed by atoms with van der Waals surface area (Å²) in [5.74, 6) is 0.567. The Morgan fingerprint density at radius 2 is 1.95 bits per heavy atom. The summed E-state index contributed by atoms with van der Waals surface area (Å²) in [6.07, 6.45) is -0.705. The van der Waals surface area contributed by atoms with E-state index < -0.39 is 6.10 Å². The van der Waals surface area contributed by atoms with E-state index >= 15 is 0 Å². The average molecular weight is 335 g/mol. The van der Waals surface area contributed by atoms with Gasteiger partial charge in [-0.05, 0) is 36.8 Å². The summed E-state index contributed by atoms with van der Waals surface area (Å²) in [7, 11) is 0. The number of aliphatic hydroxyl groups is 1. The molecule has 0 amide bonds. The van der Waals surface area contributed by atoms with Crippen LogP contribution in [0.15, 0.2) is 53.0 Å². The molecule has 104 valence electrons. The number of halogens is 1. The maximum Gasteiger partial charge on any atom is 0.159 e. The molecule has 0 aliphatic carbocycles. The van der Waals surface area contributed by atoms with E-state index in [1.807, 2.05) is 24.3 Å². The Labute approximate surface area is 126 Å². The zero-order valence-corrected chi connectivity index (χ0v) is 12.6. The number of benzene rings is 2. The first-order chi connectivity index (χ1) is 9.56. The van der Waals surface area contributed by atoms with Crippen LogP contribution in [0.3, 0.4) is 0 Å². The zero-order valence-electron chi connectivity index (χ0n) is 11.0. The Morgan fingerprint density at radius 1 is 1.25 bits per heavy atom. The molecular formula is C16H15BrO3. The fraction of sp³-hybridized carbons (Fsp3) is 0.188. The normalized spacial score (nSPS) is 11.9. The van der Waals surface area contributed by atoms with Crippen LogP contribution in [0.5, 0.6) is 5.75 Å². The quantitative estimate of drug-likeness (QED) is 0.846. The fourth-order valence-electron chi connectivity index (χ4n) is 1.76. The summed E-state index contributed by atoms with van der Waals surface area (Å²) in [5.41, 5.74) is 1.39. The van der Waals surface area contributed by atoms with Gasteiger partial charge in [-0.25, -0.2) is 0 Å². The van der Waals surface area contributed by atoms with Crippen molar-refractivity contribution in [2.75, 3.05) is 6.61 Å². The Kier molecular flexibility index (Phi) is 4.93. The third-order valence-electron chi connectivity index (χ3n) is 2.90. The van der Waals surface area contributed by atoms with E-state index in [1.54, 1.807) is 24.3 Å². The van der Waals surface area contributed by atoms with Crippen LogP contribution < -0.4 is 4.74 Å². The molecule has 0 heterocycles. The lowest BCUT2D eigenvalue weighted by Crippen LogP contribution is -2.09. The minimum absolute atomic E-state index is 0.0103. The average Bonchev–Trinajstić information content (AvgIpc) is 2.46. The van der Waals surface area contributed by atoms with Gasteiger partial charge in [0, 0.05) is 10.0 Å². The maximum atomic E-state index is 11.3. The zero-order chi connectivity index (χ0) is 14.5. The Morgan fingerprint density at radius 3 is 2.60 bits per heavy atom. The molecule has 0 fully saturated rings. The Bertz CT molecular complexity index is 593. The van der Waals surface area contributed by atoms with Gasteiger partial charge in [-0.1, -0.05) is 40.2 Å². The number of carbonyl (C=O) groups is 1. The fourth-order valence-corrected chi connectivity index (χ4v) is 2.03. The smallest absolute Gasteiger partial charge is 0.159 e. The van der Waals surface area contributed by atoms with Crippen LogP contribution in [0.25, 0.3) is 0 Å². The van der Waals surface area contributed by atoms with Crippen molar-refractivity contribution >= 4 is 21.7 Å². The first-order valence-corrected chi connectivity index (χ1v) is 7.03. The number of carbonyl (C=O) groups excluding carboxylic acids is 1. The maximum absolute atomic E-state index is 11.3. The van der Waals surface area contributed by atoms with E-state index in [2.05, 4.69) is 15.9 Å². The lowest BCUT2D eigenvalue weighted by atomic mass is 10.1. The van der Waals surface area contributed by atoms with Gasteiger partial charge in [0.25, 0.3) is 0 Å². The number of rotatable bonds is 5. The molecule has 3 nitrogen and oxygen atoms in total. The highest BCUT2D eigenvalue weighted by atomic mass is 79.9. The van der Waals surface area contributed by atoms with Crippen molar-refractivity contribution in [3.05, 3.63) is 64.1 Å². The topological polar surface area (TPSA) is 46.5 Å². The molecule has 2 aromatic rings. The molecule has 0 saturated carbocycles. The molecule has 4 heteroatoms. The summed E-state index contributed by atoms with van der Waals surface area (Å²) in [6, 6.07) is 14.4. The summed E-state index contributed by atoms with van der Waals surface area (Å²) in [5, 5.41) is 10.0. The number of Topliss-reactive ketones (excluding diaryl/α,β-unsaturated/α-hetero) is 1. The Balaban J connectivity index is 1.99. The van der Waals surface area contributed by atoms with Gasteiger partial charge in [0.05, 0.1) is 0 Å². The summed E-state index contributed by atoms with van der Waals surface area (Å²) >= 11 is 3.35. The second-order valence-corrected chi connectivity index (χ2v) is 5.38. The van der Waals surface area contributed by atoms with Crippen LogP contribution in [0.2, 0.25) is 0 Å². The van der Waals surface area contributed by atoms with Crippen molar-refractivity contribution in [1.82, 2.24) is 0 Å². The molecule has 0 saturated heterocycles. The molecule has 0 bridgehead atoms. The van der Waals surface area contributed by atoms with Crippen LogP contribution in [-0.4, -0.2) is 17.5 Å². The molecule has 1 unspecified atom stereocenters. The number of aliphatic hydroxyl groups excluding tert-OH is 1. The first-order valence-electron chi connectivity index (χ1n) is 6.23. The second-order valence-electron chi connectivity index (χ2n) is 4.46. The predicted octanol–water partition coefficient (Wildman–Crippen LogP) is 3.76. The Hall–Kier alpha value is -1.65. The first kappa shape index (κ1) is 14.8. The van der Waals surface area contributed by atoms with Gasteiger partial charge >= 0.3 is 0 Å². The van der Waals surface area contributed by atoms with Crippen molar-refractivity contribution in [2.45, 2.75) is 13.0 Å². The number of hydrogen-bond donors (Lipinski definition) is 1. The minimum atomic E-state index is -0.705. The van der Waals surface area contributed by atoms with Gasteiger partial charge in [0.15, 0.2) is 5.78 Å². The van der Waals surface area contributed by atoms with Crippen LogP contribution >= 0.6 is 15.9 Å². The highest BCUT2D eigenvalue weighted by molar-refractivity contribution is 9.10. The van der Waals surface area contributed by atoms with Crippen LogP contribution in [0.4, 0.5) is 0 Å². The lowest BCUT2D eigenvalue weighted by Gasteiger charge is -2.13. The van der Waals surface area contributed by atoms with E-state index in [0.29, 0.717) is 11.3 Å². The minimum Gasteiger partial charge on any atom is -0.491 e. The number of hydrogen-bond acceptors (Lipinski definition) is 3. The molecular weight excluding hydrogens is 320 g/mol. The molecule has 0 aliphatic heterocycles. The monoisotopic (exact) mass is 334 g/mol. The van der Waals surface area contributed by atoms with Gasteiger partial charge in [0.2, 0.25) is 0 Å². The van der Waals surface area contributed by atoms with Gasteiger partial charge in [-0.2, -0.15) is 0 Å². The third-order valence-corrected chi connectivity index (χ3v) is 3.43. The predicted molar refractivity (Wildman–Crippen MR) is 81.0 cm³/mol. The second kappa shape index (κ2) is 6.68. The van der Waals surface area contributed by atoms with E-state index in [4.69, 9.17) is 4.74 Å². The summed E-state index contributed by atoms with van der Waals surface area (Å²) in [4.78, 5) is 11.3. The molecule has 2 aromatic carbocycles. The van der Waals surface area contributed by atoms with Gasteiger partial charge in [-0.15, -0.1) is 0 Å². The highest BCUT2D eigenvalue weighted by Gasteiger charge is 2.09. The van der Waals surface area contributed by atoms with Gasteiger partial charge in [-0.3, -0.25) is 4.79 Å². The van der Waals surface area contributed by atoms with Gasteiger partial charge in [0.1, 0.15) is 18.5 Å². The highest BCUT2D eigenvalue weighted by Crippen LogP contribution is 2.19. The molecule has 2 rings (SSSR count). The molecule has 1 N–H and O–H groups in total. The molecule has 20 heavy (non-hydrogen) atoms. The molecule has 0 radical (unpaired) electrons. The van der Waals surface area contributed by atoms with Crippen LogP contribution in [0.1, 0.15) is 28.9 Å². The lowest BCUT2D eigenvalue weighted by molar-refractivity contribution is 0.101. The van der Waals surface area contributed by atoms with Crippen molar-refractivity contribution in [1.29, 1.82) is 0 Å². The van der Waals surface area contributed by atoms with Crippen molar-refractivity contribution < 1.29 is 14.6 Å². The molecule has 0 spiro atoms. The van der Waals surface area contributed by atoms with E-state index in [1.165, 1.54) is 6.92 Å². The molecule has 0 aliphatic rings. The van der Waals surface area contributed by atoms with Crippen molar-refractivity contribution in [2.24, 2.45) is 0 Å². The molecule has 0 aromatic heterocycles. The third kappa shape index (κ3) is 3.92. The SMILES string of the molecule is CC(=O)c1cccc(OCC(O)c2ccc(Br)cc2)c1. The summed E-state index contributed by atoms with van der Waals surface area (Å²) in [6.45, 7) is 1.65. The van der Waals surface area contributed by atoms with E-state index in [0.717, 1.165) is 10.0 Å². The molecule has 1 atom stereocenters. The van der Waals surface area contributed by atoms with Crippen molar-refractivity contribution in [3.63, 3.8) is 0 Å². The van der Waals surface area contributed by atoms with Crippen molar-refractivity contribution in [3.8, 4) is 5.75 Å².